The third-order valence-electron chi connectivity index (χ3n) is 1.61. The molecule has 0 bridgehead atoms. The van der Waals surface area contributed by atoms with Crippen LogP contribution < -0.4 is 0 Å². The normalized spacial score (nSPS) is 31.4. The Balaban J connectivity index is 2.40. The summed E-state index contributed by atoms with van der Waals surface area (Å²) in [5.41, 5.74) is 0. The quantitative estimate of drug-likeness (QED) is 0.635. The van der Waals surface area contributed by atoms with E-state index in [-0.39, 0.29) is 11.3 Å². The monoisotopic (exact) mass is 173 g/mol. The molecular formula is C7H11NO2S. The van der Waals surface area contributed by atoms with Gasteiger partial charge in [0.15, 0.2) is 0 Å². The number of nitrogens with zero attached hydrogens (tertiary/aromatic N) is 1. The second kappa shape index (κ2) is 3.76. The van der Waals surface area contributed by atoms with Gasteiger partial charge in [0.25, 0.3) is 0 Å². The van der Waals surface area contributed by atoms with Gasteiger partial charge in [0.2, 0.25) is 0 Å². The molecule has 0 radical (unpaired) electrons. The lowest BCUT2D eigenvalue weighted by Gasteiger charge is -2.00. The number of aliphatic imine (C=N–C) groups is 1. The summed E-state index contributed by atoms with van der Waals surface area (Å²) in [6.07, 6.45) is 2.43. The highest BCUT2D eigenvalue weighted by molar-refractivity contribution is 8.00. The van der Waals surface area contributed by atoms with Gasteiger partial charge in [-0.15, -0.1) is 11.8 Å². The van der Waals surface area contributed by atoms with Crippen molar-refractivity contribution in [2.24, 2.45) is 4.99 Å². The molecule has 4 heteroatoms. The van der Waals surface area contributed by atoms with Crippen LogP contribution in [-0.4, -0.2) is 34.3 Å². The van der Waals surface area contributed by atoms with Gasteiger partial charge in [0.05, 0.1) is 6.04 Å². The van der Waals surface area contributed by atoms with Crippen LogP contribution in [-0.2, 0) is 4.79 Å². The van der Waals surface area contributed by atoms with Crippen molar-refractivity contribution in [2.45, 2.75) is 24.6 Å². The van der Waals surface area contributed by atoms with Crippen molar-refractivity contribution in [1.29, 1.82) is 0 Å². The first kappa shape index (κ1) is 8.59. The molecule has 62 valence electrons. The number of carboxylic acids is 1. The van der Waals surface area contributed by atoms with E-state index in [0.29, 0.717) is 6.42 Å². The molecule has 0 aliphatic carbocycles. The highest BCUT2D eigenvalue weighted by Crippen LogP contribution is 2.28. The van der Waals surface area contributed by atoms with E-state index in [0.717, 1.165) is 5.75 Å². The Morgan fingerprint density at radius 3 is 3.00 bits per heavy atom. The number of carboxylic acid groups (broad SMARTS) is 1. The number of aliphatic carboxylic acids is 1. The fourth-order valence-corrected chi connectivity index (χ4v) is 2.27. The van der Waals surface area contributed by atoms with E-state index in [1.165, 1.54) is 11.8 Å². The maximum absolute atomic E-state index is 10.5. The van der Waals surface area contributed by atoms with Crippen molar-refractivity contribution < 1.29 is 9.90 Å². The molecule has 1 heterocycles. The molecule has 0 aromatic heterocycles. The summed E-state index contributed by atoms with van der Waals surface area (Å²) < 4.78 is 0. The Morgan fingerprint density at radius 2 is 2.55 bits per heavy atom. The Kier molecular flexibility index (Phi) is 2.93. The number of hydrogen-bond acceptors (Lipinski definition) is 3. The van der Waals surface area contributed by atoms with E-state index in [2.05, 4.69) is 4.99 Å². The molecule has 11 heavy (non-hydrogen) atoms. The molecule has 1 N–H and O–H groups in total. The largest absolute Gasteiger partial charge is 0.480 e. The SMILES string of the molecule is C/C=N/[C@@H]1CS[C@H](C(=O)O)C1. The molecule has 1 aliphatic rings. The van der Waals surface area contributed by atoms with Gasteiger partial charge in [-0.05, 0) is 19.6 Å². The molecular weight excluding hydrogens is 162 g/mol. The minimum atomic E-state index is -0.705. The number of carbonyl (C=O) groups is 1. The summed E-state index contributed by atoms with van der Waals surface area (Å²) in [6, 6.07) is 0.228. The molecule has 0 spiro atoms. The third-order valence-corrected chi connectivity index (χ3v) is 2.98. The van der Waals surface area contributed by atoms with Gasteiger partial charge in [-0.1, -0.05) is 0 Å². The molecule has 0 saturated carbocycles. The summed E-state index contributed by atoms with van der Waals surface area (Å²) in [6.45, 7) is 1.86. The van der Waals surface area contributed by atoms with Crippen molar-refractivity contribution in [1.82, 2.24) is 0 Å². The average molecular weight is 173 g/mol. The number of rotatable bonds is 2. The Labute approximate surface area is 69.9 Å². The zero-order valence-corrected chi connectivity index (χ0v) is 7.17. The van der Waals surface area contributed by atoms with Crippen molar-refractivity contribution in [3.63, 3.8) is 0 Å². The van der Waals surface area contributed by atoms with Crippen LogP contribution in [0.4, 0.5) is 0 Å². The van der Waals surface area contributed by atoms with Crippen LogP contribution in [0.3, 0.4) is 0 Å². The Morgan fingerprint density at radius 1 is 1.82 bits per heavy atom. The first-order valence-corrected chi connectivity index (χ1v) is 4.61. The van der Waals surface area contributed by atoms with Gasteiger partial charge in [-0.25, -0.2) is 0 Å². The first-order chi connectivity index (χ1) is 5.24. The molecule has 1 saturated heterocycles. The molecule has 2 atom stereocenters. The average Bonchev–Trinajstić information content (AvgIpc) is 2.37. The van der Waals surface area contributed by atoms with E-state index >= 15 is 0 Å². The molecule has 0 unspecified atom stereocenters. The minimum Gasteiger partial charge on any atom is -0.480 e. The summed E-state index contributed by atoms with van der Waals surface area (Å²) in [7, 11) is 0. The van der Waals surface area contributed by atoms with Gasteiger partial charge in [0, 0.05) is 5.75 Å². The second-order valence-corrected chi connectivity index (χ2v) is 3.69. The van der Waals surface area contributed by atoms with Crippen LogP contribution in [0.1, 0.15) is 13.3 Å². The van der Waals surface area contributed by atoms with E-state index in [4.69, 9.17) is 5.11 Å². The van der Waals surface area contributed by atoms with Crippen molar-refractivity contribution in [3.05, 3.63) is 0 Å². The third kappa shape index (κ3) is 2.22. The number of hydrogen-bond donors (Lipinski definition) is 1. The molecule has 3 nitrogen and oxygen atoms in total. The van der Waals surface area contributed by atoms with Crippen molar-refractivity contribution >= 4 is 23.9 Å². The first-order valence-electron chi connectivity index (χ1n) is 3.56. The highest BCUT2D eigenvalue weighted by atomic mass is 32.2. The van der Waals surface area contributed by atoms with Crippen LogP contribution in [0.5, 0.6) is 0 Å². The number of thioether (sulfide) groups is 1. The molecule has 0 aromatic carbocycles. The van der Waals surface area contributed by atoms with Crippen LogP contribution >= 0.6 is 11.8 Å². The highest BCUT2D eigenvalue weighted by Gasteiger charge is 2.29. The van der Waals surface area contributed by atoms with Crippen LogP contribution in [0, 0.1) is 0 Å². The summed E-state index contributed by atoms with van der Waals surface area (Å²) in [5, 5.41) is 8.39. The van der Waals surface area contributed by atoms with Crippen LogP contribution in [0.15, 0.2) is 4.99 Å². The predicted octanol–water partition coefficient (Wildman–Crippen LogP) is 1.04. The maximum atomic E-state index is 10.5. The predicted molar refractivity (Wildman–Crippen MR) is 46.5 cm³/mol. The van der Waals surface area contributed by atoms with E-state index < -0.39 is 5.97 Å². The van der Waals surface area contributed by atoms with Gasteiger partial charge >= 0.3 is 5.97 Å². The molecule has 0 amide bonds. The van der Waals surface area contributed by atoms with E-state index in [1.54, 1.807) is 6.21 Å². The lowest BCUT2D eigenvalue weighted by molar-refractivity contribution is -0.136. The maximum Gasteiger partial charge on any atom is 0.316 e. The topological polar surface area (TPSA) is 49.7 Å². The molecule has 0 aromatic rings. The Hall–Kier alpha value is -0.510. The van der Waals surface area contributed by atoms with Gasteiger partial charge in [-0.2, -0.15) is 0 Å². The van der Waals surface area contributed by atoms with Crippen LogP contribution in [0.2, 0.25) is 0 Å². The summed E-state index contributed by atoms with van der Waals surface area (Å²) in [5.74, 6) is 0.144. The fraction of sp³-hybridized carbons (Fsp3) is 0.714. The summed E-state index contributed by atoms with van der Waals surface area (Å²) >= 11 is 1.49. The van der Waals surface area contributed by atoms with Gasteiger partial charge in [-0.3, -0.25) is 9.79 Å². The van der Waals surface area contributed by atoms with Crippen molar-refractivity contribution in [3.8, 4) is 0 Å². The van der Waals surface area contributed by atoms with Gasteiger partial charge < -0.3 is 5.11 Å². The lowest BCUT2D eigenvalue weighted by Crippen LogP contribution is -2.14. The van der Waals surface area contributed by atoms with E-state index in [1.807, 2.05) is 6.92 Å². The second-order valence-electron chi connectivity index (χ2n) is 2.46. The Bertz CT molecular complexity index is 181. The lowest BCUT2D eigenvalue weighted by atomic mass is 10.2. The molecule has 1 fully saturated rings. The smallest absolute Gasteiger partial charge is 0.316 e. The zero-order valence-electron chi connectivity index (χ0n) is 6.36. The molecule has 1 aliphatic heterocycles. The van der Waals surface area contributed by atoms with E-state index in [9.17, 15) is 4.79 Å². The standard InChI is InChI=1S/C7H11NO2S/c1-2-8-5-3-6(7(9)10)11-4-5/h2,5-6H,3-4H2,1H3,(H,9,10)/b8-2+/t5-,6-/m0/s1. The van der Waals surface area contributed by atoms with Gasteiger partial charge in [0.1, 0.15) is 5.25 Å². The molecule has 1 rings (SSSR count). The van der Waals surface area contributed by atoms with Crippen molar-refractivity contribution in [2.75, 3.05) is 5.75 Å². The zero-order chi connectivity index (χ0) is 8.27. The minimum absolute atomic E-state index is 0.228. The van der Waals surface area contributed by atoms with Crippen LogP contribution in [0.25, 0.3) is 0 Å². The summed E-state index contributed by atoms with van der Waals surface area (Å²) in [4.78, 5) is 14.6. The fourth-order valence-electron chi connectivity index (χ4n) is 1.10.